The first-order valence-electron chi connectivity index (χ1n) is 9.33. The van der Waals surface area contributed by atoms with Gasteiger partial charge < -0.3 is 10.6 Å². The minimum absolute atomic E-state index is 0. The third-order valence-corrected chi connectivity index (χ3v) is 6.77. The van der Waals surface area contributed by atoms with Crippen LogP contribution in [0.15, 0.2) is 29.8 Å². The van der Waals surface area contributed by atoms with Gasteiger partial charge in [0.1, 0.15) is 0 Å². The minimum Gasteiger partial charge on any atom is -0.356 e. The van der Waals surface area contributed by atoms with Gasteiger partial charge >= 0.3 is 0 Å². The molecule has 2 atom stereocenters. The topological polar surface area (TPSA) is 36.4 Å². The summed E-state index contributed by atoms with van der Waals surface area (Å²) in [4.78, 5) is 4.45. The molecule has 4 saturated carbocycles. The van der Waals surface area contributed by atoms with Gasteiger partial charge in [-0.1, -0.05) is 24.8 Å². The van der Waals surface area contributed by atoms with Crippen LogP contribution in [0.25, 0.3) is 6.08 Å². The Morgan fingerprint density at radius 1 is 1.33 bits per heavy atom. The Balaban J connectivity index is 0.00000121. The molecule has 0 heterocycles. The molecule has 0 amide bonds. The quantitative estimate of drug-likeness (QED) is 0.607. The third-order valence-electron chi connectivity index (χ3n) is 6.77. The molecule has 24 heavy (non-hydrogen) atoms. The lowest BCUT2D eigenvalue weighted by Crippen LogP contribution is -2.41. The highest BCUT2D eigenvalue weighted by Crippen LogP contribution is 2.65. The van der Waals surface area contributed by atoms with Gasteiger partial charge in [-0.25, -0.2) is 0 Å². The van der Waals surface area contributed by atoms with Crippen molar-refractivity contribution in [3.05, 3.63) is 35.9 Å². The Morgan fingerprint density at radius 3 is 2.75 bits per heavy atom. The van der Waals surface area contributed by atoms with Gasteiger partial charge in [-0.05, 0) is 73.8 Å². The van der Waals surface area contributed by atoms with Crippen LogP contribution in [-0.2, 0) is 0 Å². The maximum absolute atomic E-state index is 4.45. The molecule has 0 aromatic heterocycles. The van der Waals surface area contributed by atoms with Crippen molar-refractivity contribution in [1.82, 2.24) is 5.32 Å². The lowest BCUT2D eigenvalue weighted by atomic mass is 9.75. The lowest BCUT2D eigenvalue weighted by Gasteiger charge is -2.33. The number of rotatable bonds is 4. The molecular weight excluding hydrogens is 294 g/mol. The molecule has 3 nitrogen and oxygen atoms in total. The highest BCUT2D eigenvalue weighted by Gasteiger charge is 2.57. The molecule has 132 valence electrons. The van der Waals surface area contributed by atoms with E-state index in [9.17, 15) is 0 Å². The molecule has 1 aromatic carbocycles. The monoisotopic (exact) mass is 327 g/mol. The first-order chi connectivity index (χ1) is 11.6. The van der Waals surface area contributed by atoms with Crippen LogP contribution in [0.1, 0.15) is 46.1 Å². The minimum atomic E-state index is 0. The standard InChI is InChI=1S/C21H29N3.2H2/c1-4-18-14(2)6-5-7-19(18)24-20(22-3)23-13-21-11-15-8-16(12-21)10-17(21)9-15;;/h4-7,15-17H,1,8-13H2,2-3H3,(H2,22,23,24);2*1H. The zero-order valence-corrected chi connectivity index (χ0v) is 14.9. The van der Waals surface area contributed by atoms with Crippen LogP contribution in [0.3, 0.4) is 0 Å². The predicted octanol–water partition coefficient (Wildman–Crippen LogP) is 4.94. The van der Waals surface area contributed by atoms with E-state index in [0.29, 0.717) is 5.41 Å². The van der Waals surface area contributed by atoms with Crippen LogP contribution in [0, 0.1) is 30.1 Å². The molecule has 1 aromatic rings. The molecule has 0 spiro atoms. The summed E-state index contributed by atoms with van der Waals surface area (Å²) in [5.41, 5.74) is 4.00. The van der Waals surface area contributed by atoms with E-state index in [4.69, 9.17) is 0 Å². The van der Waals surface area contributed by atoms with Crippen molar-refractivity contribution in [3.8, 4) is 0 Å². The molecule has 4 bridgehead atoms. The van der Waals surface area contributed by atoms with Crippen LogP contribution in [0.2, 0.25) is 0 Å². The Morgan fingerprint density at radius 2 is 2.08 bits per heavy atom. The fraction of sp³-hybridized carbons (Fsp3) is 0.571. The summed E-state index contributed by atoms with van der Waals surface area (Å²) in [6, 6.07) is 6.29. The maximum Gasteiger partial charge on any atom is 0.195 e. The first kappa shape index (κ1) is 15.7. The first-order valence-corrected chi connectivity index (χ1v) is 9.33. The summed E-state index contributed by atoms with van der Waals surface area (Å²) in [6.45, 7) is 7.14. The normalized spacial score (nSPS) is 33.8. The van der Waals surface area contributed by atoms with E-state index < -0.39 is 0 Å². The largest absolute Gasteiger partial charge is 0.356 e. The Labute approximate surface area is 148 Å². The van der Waals surface area contributed by atoms with E-state index in [-0.39, 0.29) is 2.85 Å². The summed E-state index contributed by atoms with van der Waals surface area (Å²) in [5, 5.41) is 7.12. The smallest absolute Gasteiger partial charge is 0.195 e. The molecule has 5 rings (SSSR count). The van der Waals surface area contributed by atoms with E-state index >= 15 is 0 Å². The number of anilines is 1. The number of guanidine groups is 1. The molecular formula is C21H33N3. The fourth-order valence-electron chi connectivity index (χ4n) is 5.88. The molecule has 4 fully saturated rings. The Kier molecular flexibility index (Phi) is 3.90. The third kappa shape index (κ3) is 2.54. The number of nitrogens with one attached hydrogen (secondary N) is 2. The second-order valence-electron chi connectivity index (χ2n) is 8.20. The van der Waals surface area contributed by atoms with Crippen molar-refractivity contribution >= 4 is 17.7 Å². The van der Waals surface area contributed by atoms with E-state index in [0.717, 1.165) is 41.5 Å². The highest BCUT2D eigenvalue weighted by atomic mass is 15.2. The number of nitrogens with zero attached hydrogens (tertiary/aromatic N) is 1. The van der Waals surface area contributed by atoms with Gasteiger partial charge in [0.05, 0.1) is 0 Å². The predicted molar refractivity (Wildman–Crippen MR) is 106 cm³/mol. The van der Waals surface area contributed by atoms with Crippen LogP contribution >= 0.6 is 0 Å². The summed E-state index contributed by atoms with van der Waals surface area (Å²) >= 11 is 0. The molecule has 2 N–H and O–H groups in total. The van der Waals surface area contributed by atoms with E-state index in [1.165, 1.54) is 37.7 Å². The molecule has 4 aliphatic rings. The van der Waals surface area contributed by atoms with E-state index in [1.54, 1.807) is 0 Å². The fourth-order valence-corrected chi connectivity index (χ4v) is 5.88. The summed E-state index contributed by atoms with van der Waals surface area (Å²) in [6.07, 6.45) is 9.23. The van der Waals surface area contributed by atoms with Gasteiger partial charge in [0, 0.05) is 27.7 Å². The molecule has 0 radical (unpaired) electrons. The Bertz CT molecular complexity index is 672. The molecule has 0 aliphatic heterocycles. The Hall–Kier alpha value is -1.77. The van der Waals surface area contributed by atoms with Crippen molar-refractivity contribution in [3.63, 3.8) is 0 Å². The molecule has 0 saturated heterocycles. The van der Waals surface area contributed by atoms with Crippen LogP contribution in [0.4, 0.5) is 5.69 Å². The van der Waals surface area contributed by atoms with Crippen molar-refractivity contribution in [1.29, 1.82) is 0 Å². The summed E-state index contributed by atoms with van der Waals surface area (Å²) < 4.78 is 0. The van der Waals surface area contributed by atoms with Crippen molar-refractivity contribution in [2.24, 2.45) is 28.2 Å². The van der Waals surface area contributed by atoms with Gasteiger partial charge in [-0.15, -0.1) is 0 Å². The lowest BCUT2D eigenvalue weighted by molar-refractivity contribution is 0.202. The molecule has 3 heteroatoms. The number of hydrogen-bond donors (Lipinski definition) is 2. The van der Waals surface area contributed by atoms with Crippen molar-refractivity contribution in [2.75, 3.05) is 18.9 Å². The average molecular weight is 328 g/mol. The van der Waals surface area contributed by atoms with Crippen molar-refractivity contribution < 1.29 is 2.85 Å². The zero-order chi connectivity index (χ0) is 16.7. The number of benzene rings is 1. The number of aryl methyl sites for hydroxylation is 1. The van der Waals surface area contributed by atoms with Crippen LogP contribution in [-0.4, -0.2) is 19.6 Å². The molecule has 4 aliphatic carbocycles. The van der Waals surface area contributed by atoms with E-state index in [2.05, 4.69) is 47.3 Å². The van der Waals surface area contributed by atoms with Crippen LogP contribution < -0.4 is 10.6 Å². The second kappa shape index (κ2) is 5.94. The SMILES string of the molecule is C=Cc1c(C)cccc1NC(=NC)NCC12CC3CC(CC1C3)C2.[HH].[HH]. The summed E-state index contributed by atoms with van der Waals surface area (Å²) in [5.74, 6) is 3.84. The number of hydrogen-bond acceptors (Lipinski definition) is 1. The van der Waals surface area contributed by atoms with Gasteiger partial charge in [0.15, 0.2) is 5.96 Å². The molecule has 2 unspecified atom stereocenters. The van der Waals surface area contributed by atoms with Gasteiger partial charge in [-0.3, -0.25) is 4.99 Å². The average Bonchev–Trinajstić information content (AvgIpc) is 2.96. The maximum atomic E-state index is 4.45. The zero-order valence-electron chi connectivity index (χ0n) is 14.9. The van der Waals surface area contributed by atoms with Gasteiger partial charge in [-0.2, -0.15) is 0 Å². The highest BCUT2D eigenvalue weighted by molar-refractivity contribution is 5.95. The second-order valence-corrected chi connectivity index (χ2v) is 8.20. The van der Waals surface area contributed by atoms with Gasteiger partial charge in [0.25, 0.3) is 0 Å². The van der Waals surface area contributed by atoms with E-state index in [1.807, 2.05) is 13.1 Å². The van der Waals surface area contributed by atoms with Crippen LogP contribution in [0.5, 0.6) is 0 Å². The van der Waals surface area contributed by atoms with Gasteiger partial charge in [0.2, 0.25) is 0 Å². The summed E-state index contributed by atoms with van der Waals surface area (Å²) in [7, 11) is 1.86. The van der Waals surface area contributed by atoms with Crippen molar-refractivity contribution in [2.45, 2.75) is 39.0 Å². The number of aliphatic imine (C=N–C) groups is 1.